The van der Waals surface area contributed by atoms with E-state index in [1.165, 1.54) is 18.6 Å². The van der Waals surface area contributed by atoms with Gasteiger partial charge in [-0.1, -0.05) is 12.1 Å². The van der Waals surface area contributed by atoms with E-state index in [2.05, 4.69) is 25.3 Å². The maximum Gasteiger partial charge on any atom is 0.223 e. The Balaban J connectivity index is 1.51. The summed E-state index contributed by atoms with van der Waals surface area (Å²) in [5, 5.41) is 12.2. The smallest absolute Gasteiger partial charge is 0.223 e. The van der Waals surface area contributed by atoms with Crippen molar-refractivity contribution in [1.82, 2.24) is 19.9 Å². The second kappa shape index (κ2) is 6.46. The van der Waals surface area contributed by atoms with Crippen LogP contribution in [0.4, 0.5) is 11.8 Å². The van der Waals surface area contributed by atoms with Gasteiger partial charge in [-0.05, 0) is 25.0 Å². The van der Waals surface area contributed by atoms with E-state index in [0.717, 1.165) is 18.5 Å². The first-order valence-corrected chi connectivity index (χ1v) is 8.33. The molecule has 2 aromatic heterocycles. The van der Waals surface area contributed by atoms with E-state index >= 15 is 0 Å². The first-order chi connectivity index (χ1) is 13.1. The van der Waals surface area contributed by atoms with Crippen LogP contribution in [0, 0.1) is 11.3 Å². The number of nitrogens with zero attached hydrogens (tertiary/aromatic N) is 5. The second-order valence-electron chi connectivity index (χ2n) is 6.35. The van der Waals surface area contributed by atoms with Gasteiger partial charge in [0, 0.05) is 18.0 Å². The van der Waals surface area contributed by atoms with Gasteiger partial charge in [-0.2, -0.15) is 5.26 Å². The summed E-state index contributed by atoms with van der Waals surface area (Å²) in [5.74, 6) is 0.548. The molecule has 2 heterocycles. The van der Waals surface area contributed by atoms with Crippen LogP contribution in [-0.2, 0) is 5.54 Å². The Morgan fingerprint density at radius 2 is 1.85 bits per heavy atom. The quantitative estimate of drug-likeness (QED) is 0.663. The molecule has 1 fully saturated rings. The summed E-state index contributed by atoms with van der Waals surface area (Å²) in [6, 6.07) is 8.55. The number of ketones is 1. The molecule has 1 saturated carbocycles. The van der Waals surface area contributed by atoms with Crippen LogP contribution in [-0.4, -0.2) is 25.7 Å². The molecule has 1 aliphatic carbocycles. The average molecular weight is 357 g/mol. The Kier molecular flexibility index (Phi) is 3.97. The molecule has 0 bridgehead atoms. The highest BCUT2D eigenvalue weighted by Gasteiger charge is 2.46. The summed E-state index contributed by atoms with van der Waals surface area (Å²) in [7, 11) is 0. The largest absolute Gasteiger partial charge is 0.382 e. The molecule has 3 N–H and O–H groups in total. The van der Waals surface area contributed by atoms with Crippen molar-refractivity contribution in [1.29, 1.82) is 5.26 Å². The molecule has 8 nitrogen and oxygen atoms in total. The minimum atomic E-state index is -0.340. The second-order valence-corrected chi connectivity index (χ2v) is 6.35. The van der Waals surface area contributed by atoms with Crippen molar-refractivity contribution >= 4 is 17.5 Å². The Labute approximate surface area is 155 Å². The Morgan fingerprint density at radius 1 is 1.07 bits per heavy atom. The molecule has 0 saturated heterocycles. The van der Waals surface area contributed by atoms with E-state index in [9.17, 15) is 4.79 Å². The summed E-state index contributed by atoms with van der Waals surface area (Å²) in [6.07, 6.45) is 7.89. The predicted molar refractivity (Wildman–Crippen MR) is 97.6 cm³/mol. The van der Waals surface area contributed by atoms with E-state index in [0.29, 0.717) is 28.5 Å². The highest BCUT2D eigenvalue weighted by Crippen LogP contribution is 2.46. The van der Waals surface area contributed by atoms with E-state index in [4.69, 9.17) is 11.0 Å². The van der Waals surface area contributed by atoms with Gasteiger partial charge in [0.05, 0.1) is 40.8 Å². The fraction of sp³-hybridized carbons (Fsp3) is 0.158. The van der Waals surface area contributed by atoms with Gasteiger partial charge in [0.15, 0.2) is 5.78 Å². The average Bonchev–Trinajstić information content (AvgIpc) is 3.49. The molecule has 132 valence electrons. The molecule has 0 aliphatic heterocycles. The first kappa shape index (κ1) is 16.6. The summed E-state index contributed by atoms with van der Waals surface area (Å²) in [4.78, 5) is 29.5. The molecule has 0 unspecified atom stereocenters. The number of aromatic nitrogens is 4. The van der Waals surface area contributed by atoms with Crippen LogP contribution in [0.2, 0.25) is 0 Å². The lowest BCUT2D eigenvalue weighted by atomic mass is 10.0. The number of carbonyl (C=O) groups excluding carboxylic acids is 1. The van der Waals surface area contributed by atoms with E-state index < -0.39 is 0 Å². The van der Waals surface area contributed by atoms with Gasteiger partial charge < -0.3 is 11.1 Å². The number of nitrogens with one attached hydrogen (secondary N) is 1. The zero-order valence-electron chi connectivity index (χ0n) is 14.3. The lowest BCUT2D eigenvalue weighted by Crippen LogP contribution is -2.22. The summed E-state index contributed by atoms with van der Waals surface area (Å²) in [6.45, 7) is 0. The maximum atomic E-state index is 12.5. The molecule has 1 aliphatic rings. The van der Waals surface area contributed by atoms with Gasteiger partial charge in [0.1, 0.15) is 5.82 Å². The molecule has 0 amide bonds. The highest BCUT2D eigenvalue weighted by molar-refractivity contribution is 6.08. The third-order valence-electron chi connectivity index (χ3n) is 4.43. The van der Waals surface area contributed by atoms with Crippen molar-refractivity contribution in [2.75, 3.05) is 11.1 Å². The summed E-state index contributed by atoms with van der Waals surface area (Å²) >= 11 is 0. The van der Waals surface area contributed by atoms with Crippen LogP contribution >= 0.6 is 0 Å². The SMILES string of the molecule is N#Cc1cccc(C(=O)c2cnc(NC3(c4cnc(N)cn4)CC3)nc2)c1. The molecular formula is C19H15N7O. The molecule has 0 atom stereocenters. The van der Waals surface area contributed by atoms with Crippen LogP contribution < -0.4 is 11.1 Å². The number of hydrogen-bond donors (Lipinski definition) is 2. The highest BCUT2D eigenvalue weighted by atomic mass is 16.1. The van der Waals surface area contributed by atoms with Crippen molar-refractivity contribution in [2.24, 2.45) is 0 Å². The van der Waals surface area contributed by atoms with Gasteiger partial charge in [0.2, 0.25) is 5.95 Å². The maximum absolute atomic E-state index is 12.5. The van der Waals surface area contributed by atoms with Gasteiger partial charge in [-0.3, -0.25) is 9.78 Å². The van der Waals surface area contributed by atoms with E-state index in [1.807, 2.05) is 6.07 Å². The number of benzene rings is 1. The molecular weight excluding hydrogens is 342 g/mol. The van der Waals surface area contributed by atoms with Crippen molar-refractivity contribution < 1.29 is 4.79 Å². The number of nitrogen functional groups attached to an aromatic ring is 1. The van der Waals surface area contributed by atoms with Gasteiger partial charge in [0.25, 0.3) is 0 Å². The topological polar surface area (TPSA) is 130 Å². The minimum absolute atomic E-state index is 0.232. The van der Waals surface area contributed by atoms with Crippen molar-refractivity contribution in [2.45, 2.75) is 18.4 Å². The third-order valence-corrected chi connectivity index (χ3v) is 4.43. The molecule has 0 spiro atoms. The number of hydrogen-bond acceptors (Lipinski definition) is 8. The van der Waals surface area contributed by atoms with Gasteiger partial charge in [-0.25, -0.2) is 15.0 Å². The zero-order chi connectivity index (χ0) is 18.9. The fourth-order valence-corrected chi connectivity index (χ4v) is 2.78. The Hall–Kier alpha value is -3.86. The van der Waals surface area contributed by atoms with Crippen LogP contribution in [0.1, 0.15) is 40.0 Å². The molecule has 3 aromatic rings. The minimum Gasteiger partial charge on any atom is -0.382 e. The first-order valence-electron chi connectivity index (χ1n) is 8.33. The van der Waals surface area contributed by atoms with Crippen LogP contribution in [0.5, 0.6) is 0 Å². The number of rotatable bonds is 5. The van der Waals surface area contributed by atoms with Crippen molar-refractivity contribution in [3.8, 4) is 6.07 Å². The molecule has 27 heavy (non-hydrogen) atoms. The third kappa shape index (κ3) is 3.30. The lowest BCUT2D eigenvalue weighted by molar-refractivity contribution is 0.103. The lowest BCUT2D eigenvalue weighted by Gasteiger charge is -2.16. The van der Waals surface area contributed by atoms with Gasteiger partial charge in [-0.15, -0.1) is 0 Å². The molecule has 4 rings (SSSR count). The molecule has 1 aromatic carbocycles. The summed E-state index contributed by atoms with van der Waals surface area (Å²) in [5.41, 5.74) is 7.24. The normalized spacial score (nSPS) is 14.2. The number of nitriles is 1. The fourth-order valence-electron chi connectivity index (χ4n) is 2.78. The van der Waals surface area contributed by atoms with Gasteiger partial charge >= 0.3 is 0 Å². The Bertz CT molecular complexity index is 1030. The van der Waals surface area contributed by atoms with Crippen LogP contribution in [0.25, 0.3) is 0 Å². The molecule has 0 radical (unpaired) electrons. The van der Waals surface area contributed by atoms with Crippen LogP contribution in [0.15, 0.2) is 49.1 Å². The number of anilines is 2. The predicted octanol–water partition coefficient (Wildman–Crippen LogP) is 2.05. The number of nitrogens with two attached hydrogens (primary N) is 1. The monoisotopic (exact) mass is 357 g/mol. The zero-order valence-corrected chi connectivity index (χ0v) is 14.3. The molecule has 8 heteroatoms. The van der Waals surface area contributed by atoms with Crippen molar-refractivity contribution in [3.63, 3.8) is 0 Å². The van der Waals surface area contributed by atoms with Crippen LogP contribution in [0.3, 0.4) is 0 Å². The summed E-state index contributed by atoms with van der Waals surface area (Å²) < 4.78 is 0. The van der Waals surface area contributed by atoms with Crippen molar-refractivity contribution in [3.05, 3.63) is 71.4 Å². The van der Waals surface area contributed by atoms with E-state index in [-0.39, 0.29) is 11.3 Å². The standard InChI is InChI=1S/C19H15N7O/c20-7-12-2-1-3-13(6-12)17(27)14-8-24-18(25-9-14)26-19(4-5-19)15-10-23-16(21)11-22-15/h1-3,6,8-11H,4-5H2,(H2,21,23)(H,24,25,26). The van der Waals surface area contributed by atoms with E-state index in [1.54, 1.807) is 30.5 Å². The number of carbonyl (C=O) groups is 1. The Morgan fingerprint density at radius 3 is 2.48 bits per heavy atom.